The van der Waals surface area contributed by atoms with Gasteiger partial charge in [-0.05, 0) is 78.9 Å². The molecule has 3 aromatic rings. The minimum atomic E-state index is -3.92. The summed E-state index contributed by atoms with van der Waals surface area (Å²) in [6.07, 6.45) is 1.71. The number of nitrogens with one attached hydrogen (secondary N) is 1. The average Bonchev–Trinajstić information content (AvgIpc) is 3.10. The second-order valence-electron chi connectivity index (χ2n) is 6.88. The first-order valence-corrected chi connectivity index (χ1v) is 12.5. The number of benzene rings is 3. The largest absolute Gasteiger partial charge is 0.379 e. The van der Waals surface area contributed by atoms with Crippen LogP contribution in [-0.2, 0) is 14.9 Å². The maximum absolute atomic E-state index is 12.4. The van der Waals surface area contributed by atoms with E-state index in [0.29, 0.717) is 10.1 Å². The first-order valence-electron chi connectivity index (χ1n) is 9.45. The fourth-order valence-electron chi connectivity index (χ4n) is 2.76. The molecular weight excluding hydrogens is 512 g/mol. The molecule has 1 amide bonds. The molecule has 0 unspecified atom stereocenters. The number of aryl methyl sites for hydroxylation is 1. The smallest absolute Gasteiger partial charge is 0.339 e. The highest BCUT2D eigenvalue weighted by Gasteiger charge is 2.24. The number of carbonyl (C=O) groups excluding carboxylic acids is 1. The monoisotopic (exact) mass is 528 g/mol. The van der Waals surface area contributed by atoms with Crippen molar-refractivity contribution in [3.05, 3.63) is 93.3 Å². The van der Waals surface area contributed by atoms with Gasteiger partial charge in [-0.15, -0.1) is 0 Å². The van der Waals surface area contributed by atoms with Crippen LogP contribution in [0.5, 0.6) is 5.75 Å². The predicted molar refractivity (Wildman–Crippen MR) is 130 cm³/mol. The molecule has 9 heteroatoms. The van der Waals surface area contributed by atoms with Gasteiger partial charge in [-0.3, -0.25) is 4.79 Å². The molecule has 1 heterocycles. The zero-order valence-electron chi connectivity index (χ0n) is 16.8. The van der Waals surface area contributed by atoms with Gasteiger partial charge in [-0.2, -0.15) is 8.42 Å². The summed E-state index contributed by atoms with van der Waals surface area (Å²) in [5, 5.41) is 3.24. The van der Waals surface area contributed by atoms with Crippen molar-refractivity contribution in [3.8, 4) is 5.75 Å². The van der Waals surface area contributed by atoms with Crippen LogP contribution in [-0.4, -0.2) is 19.5 Å². The third-order valence-corrected chi connectivity index (χ3v) is 7.10. The zero-order valence-corrected chi connectivity index (χ0v) is 20.0. The first-order chi connectivity index (χ1) is 15.3. The second kappa shape index (κ2) is 9.32. The number of hydrogen-bond acceptors (Lipinski definition) is 6. The SMILES string of the molecule is Cc1ccc(S(=O)(=O)Oc2ccc(/C=C3/SC(=Nc4ccc(Br)cc4)NC3=O)cc2)cc1. The summed E-state index contributed by atoms with van der Waals surface area (Å²) in [6, 6.07) is 20.3. The van der Waals surface area contributed by atoms with Crippen LogP contribution in [0.1, 0.15) is 11.1 Å². The maximum Gasteiger partial charge on any atom is 0.339 e. The summed E-state index contributed by atoms with van der Waals surface area (Å²) in [6.45, 7) is 1.88. The Bertz CT molecular complexity index is 1320. The molecular formula is C23H17BrN2O4S2. The molecule has 32 heavy (non-hydrogen) atoms. The summed E-state index contributed by atoms with van der Waals surface area (Å²) in [7, 11) is -3.92. The van der Waals surface area contributed by atoms with Crippen molar-refractivity contribution in [1.29, 1.82) is 0 Å². The normalized spacial score (nSPS) is 16.4. The van der Waals surface area contributed by atoms with Gasteiger partial charge in [0.25, 0.3) is 5.91 Å². The van der Waals surface area contributed by atoms with Gasteiger partial charge < -0.3 is 9.50 Å². The van der Waals surface area contributed by atoms with E-state index in [1.165, 1.54) is 23.9 Å². The predicted octanol–water partition coefficient (Wildman–Crippen LogP) is 5.42. The molecule has 0 spiro atoms. The minimum Gasteiger partial charge on any atom is -0.379 e. The molecule has 1 saturated heterocycles. The van der Waals surface area contributed by atoms with E-state index in [9.17, 15) is 13.2 Å². The van der Waals surface area contributed by atoms with E-state index in [1.54, 1.807) is 42.5 Å². The van der Waals surface area contributed by atoms with E-state index >= 15 is 0 Å². The molecule has 1 aliphatic heterocycles. The number of amidine groups is 1. The number of halogens is 1. The number of rotatable bonds is 5. The van der Waals surface area contributed by atoms with Crippen LogP contribution in [0, 0.1) is 6.92 Å². The number of aliphatic imine (C=N–C) groups is 1. The summed E-state index contributed by atoms with van der Waals surface area (Å²) < 4.78 is 31.0. The molecule has 0 aliphatic carbocycles. The molecule has 1 fully saturated rings. The van der Waals surface area contributed by atoms with Crippen molar-refractivity contribution in [2.24, 2.45) is 4.99 Å². The Morgan fingerprint density at radius 2 is 1.62 bits per heavy atom. The lowest BCUT2D eigenvalue weighted by molar-refractivity contribution is -0.115. The van der Waals surface area contributed by atoms with E-state index in [1.807, 2.05) is 31.2 Å². The van der Waals surface area contributed by atoms with Gasteiger partial charge in [0.1, 0.15) is 10.6 Å². The van der Waals surface area contributed by atoms with Crippen LogP contribution in [0.3, 0.4) is 0 Å². The van der Waals surface area contributed by atoms with Crippen LogP contribution < -0.4 is 9.50 Å². The van der Waals surface area contributed by atoms with Crippen molar-refractivity contribution in [3.63, 3.8) is 0 Å². The maximum atomic E-state index is 12.4. The van der Waals surface area contributed by atoms with Crippen LogP contribution in [0.15, 0.2) is 92.1 Å². The summed E-state index contributed by atoms with van der Waals surface area (Å²) in [5.74, 6) is -0.0538. The van der Waals surface area contributed by atoms with Gasteiger partial charge in [0, 0.05) is 4.47 Å². The van der Waals surface area contributed by atoms with Gasteiger partial charge in [0.05, 0.1) is 10.6 Å². The molecule has 162 valence electrons. The number of hydrogen-bond donors (Lipinski definition) is 1. The molecule has 0 radical (unpaired) electrons. The van der Waals surface area contributed by atoms with E-state index in [0.717, 1.165) is 21.3 Å². The topological polar surface area (TPSA) is 84.8 Å². The van der Waals surface area contributed by atoms with E-state index in [-0.39, 0.29) is 16.6 Å². The van der Waals surface area contributed by atoms with Crippen LogP contribution >= 0.6 is 27.7 Å². The van der Waals surface area contributed by atoms with Crippen LogP contribution in [0.2, 0.25) is 0 Å². The van der Waals surface area contributed by atoms with E-state index in [4.69, 9.17) is 4.18 Å². The fourth-order valence-corrected chi connectivity index (χ4v) is 4.80. The van der Waals surface area contributed by atoms with Crippen molar-refractivity contribution in [1.82, 2.24) is 5.32 Å². The summed E-state index contributed by atoms with van der Waals surface area (Å²) in [5.41, 5.74) is 2.42. The van der Waals surface area contributed by atoms with Gasteiger partial charge in [0.15, 0.2) is 5.17 Å². The highest BCUT2D eigenvalue weighted by atomic mass is 79.9. The number of carbonyl (C=O) groups is 1. The Morgan fingerprint density at radius 1 is 0.969 bits per heavy atom. The third-order valence-electron chi connectivity index (χ3n) is 4.40. The summed E-state index contributed by atoms with van der Waals surface area (Å²) in [4.78, 5) is 17.3. The molecule has 1 N–H and O–H groups in total. The van der Waals surface area contributed by atoms with Crippen molar-refractivity contribution >= 4 is 60.6 Å². The standard InChI is InChI=1S/C23H17BrN2O4S2/c1-15-2-12-20(13-3-15)32(28,29)30-19-10-4-16(5-11-19)14-21-22(27)26-23(31-21)25-18-8-6-17(24)7-9-18/h2-14H,1H3,(H,25,26,27)/b21-14+. The first kappa shape index (κ1) is 22.3. The van der Waals surface area contributed by atoms with Gasteiger partial charge >= 0.3 is 10.1 Å². The molecule has 1 aliphatic rings. The molecule has 0 aromatic heterocycles. The lowest BCUT2D eigenvalue weighted by atomic mass is 10.2. The average molecular weight is 529 g/mol. The third kappa shape index (κ3) is 5.48. The molecule has 0 bridgehead atoms. The van der Waals surface area contributed by atoms with Gasteiger partial charge in [-0.1, -0.05) is 45.8 Å². The van der Waals surface area contributed by atoms with Crippen molar-refractivity contribution < 1.29 is 17.4 Å². The lowest BCUT2D eigenvalue weighted by Gasteiger charge is -2.07. The van der Waals surface area contributed by atoms with Crippen LogP contribution in [0.4, 0.5) is 5.69 Å². The molecule has 4 rings (SSSR count). The molecule has 0 saturated carbocycles. The number of amides is 1. The highest BCUT2D eigenvalue weighted by molar-refractivity contribution is 9.10. The number of thioether (sulfide) groups is 1. The Labute approximate surface area is 198 Å². The zero-order chi connectivity index (χ0) is 22.7. The molecule has 0 atom stereocenters. The van der Waals surface area contributed by atoms with E-state index < -0.39 is 10.1 Å². The van der Waals surface area contributed by atoms with Crippen LogP contribution in [0.25, 0.3) is 6.08 Å². The van der Waals surface area contributed by atoms with E-state index in [2.05, 4.69) is 26.2 Å². The second-order valence-corrected chi connectivity index (χ2v) is 10.4. The molecule has 3 aromatic carbocycles. The fraction of sp³-hybridized carbons (Fsp3) is 0.0435. The van der Waals surface area contributed by atoms with Crippen molar-refractivity contribution in [2.75, 3.05) is 0 Å². The van der Waals surface area contributed by atoms with Gasteiger partial charge in [-0.25, -0.2) is 4.99 Å². The summed E-state index contributed by atoms with van der Waals surface area (Å²) >= 11 is 4.61. The minimum absolute atomic E-state index is 0.0888. The Balaban J connectivity index is 1.46. The number of nitrogens with zero attached hydrogens (tertiary/aromatic N) is 1. The van der Waals surface area contributed by atoms with Gasteiger partial charge in [0.2, 0.25) is 0 Å². The Kier molecular flexibility index (Phi) is 6.50. The molecule has 6 nitrogen and oxygen atoms in total. The highest BCUT2D eigenvalue weighted by Crippen LogP contribution is 2.29. The Hall–Kier alpha value is -2.88. The van der Waals surface area contributed by atoms with Crippen molar-refractivity contribution in [2.45, 2.75) is 11.8 Å². The lowest BCUT2D eigenvalue weighted by Crippen LogP contribution is -2.19. The quantitative estimate of drug-likeness (QED) is 0.353. The Morgan fingerprint density at radius 3 is 2.28 bits per heavy atom.